The Hall–Kier alpha value is -3.34. The summed E-state index contributed by atoms with van der Waals surface area (Å²) in [5, 5.41) is 11.2. The van der Waals surface area contributed by atoms with Crippen LogP contribution in [0.3, 0.4) is 0 Å². The van der Waals surface area contributed by atoms with E-state index in [4.69, 9.17) is 0 Å². The molecule has 0 aromatic heterocycles. The highest BCUT2D eigenvalue weighted by Gasteiger charge is 2.31. The molecule has 4 N–H and O–H groups in total. The Labute approximate surface area is 209 Å². The fraction of sp³-hybridized carbons (Fsp3) is 0.480. The smallest absolute Gasteiger partial charge is 0.406 e. The number of nitrogens with one attached hydrogen (secondary N) is 4. The van der Waals surface area contributed by atoms with Crippen LogP contribution in [-0.4, -0.2) is 43.1 Å². The molecule has 0 aliphatic heterocycles. The standard InChI is InChI=1S/C25H34F3N5O3/c1-5-17(4)29-13-14-30-23(34)22(16(3)15-18-7-8-18)32-21(6-2)33-24(35)31-19-9-11-20(12-10-19)36-25(26,27)28/h5-6,9-12,16-18,29H,1,7-8,13-15H2,2-4H3,(H,30,34)(H2,31,33,35)/b21-6+,32-22+/t16-,17?/m0/s1. The lowest BCUT2D eigenvalue weighted by molar-refractivity contribution is -0.274. The number of urea groups is 1. The molecule has 1 unspecified atom stereocenters. The van der Waals surface area contributed by atoms with Crippen LogP contribution in [0.2, 0.25) is 0 Å². The monoisotopic (exact) mass is 509 g/mol. The second-order valence-electron chi connectivity index (χ2n) is 8.64. The molecule has 36 heavy (non-hydrogen) atoms. The Balaban J connectivity index is 2.02. The molecule has 0 heterocycles. The van der Waals surface area contributed by atoms with Crippen molar-refractivity contribution in [1.82, 2.24) is 16.0 Å². The Bertz CT molecular complexity index is 957. The number of carbonyl (C=O) groups excluding carboxylic acids is 2. The van der Waals surface area contributed by atoms with Crippen molar-refractivity contribution in [3.63, 3.8) is 0 Å². The van der Waals surface area contributed by atoms with Crippen LogP contribution < -0.4 is 26.0 Å². The number of ether oxygens (including phenoxy) is 1. The van der Waals surface area contributed by atoms with Crippen LogP contribution in [0.4, 0.5) is 23.7 Å². The van der Waals surface area contributed by atoms with Crippen LogP contribution >= 0.6 is 0 Å². The van der Waals surface area contributed by atoms with E-state index >= 15 is 0 Å². The van der Waals surface area contributed by atoms with E-state index in [2.05, 4.69) is 37.6 Å². The summed E-state index contributed by atoms with van der Waals surface area (Å²) in [5.74, 6) is -0.0725. The van der Waals surface area contributed by atoms with Gasteiger partial charge in [-0.3, -0.25) is 10.1 Å². The van der Waals surface area contributed by atoms with Crippen molar-refractivity contribution in [1.29, 1.82) is 0 Å². The molecule has 1 aromatic carbocycles. The third-order valence-corrected chi connectivity index (χ3v) is 5.42. The van der Waals surface area contributed by atoms with Gasteiger partial charge in [0.25, 0.3) is 5.91 Å². The number of hydrogen-bond acceptors (Lipinski definition) is 5. The Morgan fingerprint density at radius 2 is 1.86 bits per heavy atom. The lowest BCUT2D eigenvalue weighted by Gasteiger charge is -2.17. The van der Waals surface area contributed by atoms with Crippen LogP contribution in [0.1, 0.15) is 40.0 Å². The highest BCUT2D eigenvalue weighted by Crippen LogP contribution is 2.35. The Morgan fingerprint density at radius 1 is 1.19 bits per heavy atom. The van der Waals surface area contributed by atoms with E-state index in [-0.39, 0.29) is 29.4 Å². The fourth-order valence-electron chi connectivity index (χ4n) is 3.31. The zero-order valence-electron chi connectivity index (χ0n) is 20.7. The van der Waals surface area contributed by atoms with Gasteiger partial charge in [0.2, 0.25) is 0 Å². The second-order valence-corrected chi connectivity index (χ2v) is 8.64. The van der Waals surface area contributed by atoms with E-state index in [0.717, 1.165) is 31.4 Å². The topological polar surface area (TPSA) is 104 Å². The second kappa shape index (κ2) is 13.7. The van der Waals surface area contributed by atoms with E-state index in [0.29, 0.717) is 24.7 Å². The highest BCUT2D eigenvalue weighted by atomic mass is 19.4. The maximum atomic E-state index is 12.9. The number of aliphatic imine (C=N–C) groups is 1. The predicted molar refractivity (Wildman–Crippen MR) is 134 cm³/mol. The van der Waals surface area contributed by atoms with Crippen LogP contribution in [0, 0.1) is 11.8 Å². The fourth-order valence-corrected chi connectivity index (χ4v) is 3.31. The first kappa shape index (κ1) is 28.9. The summed E-state index contributed by atoms with van der Waals surface area (Å²) < 4.78 is 40.7. The van der Waals surface area contributed by atoms with Gasteiger partial charge in [0, 0.05) is 30.7 Å². The molecule has 11 heteroatoms. The number of benzene rings is 1. The lowest BCUT2D eigenvalue weighted by atomic mass is 9.98. The van der Waals surface area contributed by atoms with Crippen molar-refractivity contribution >= 4 is 23.3 Å². The molecule has 1 saturated carbocycles. The molecular weight excluding hydrogens is 475 g/mol. The largest absolute Gasteiger partial charge is 0.573 e. The van der Waals surface area contributed by atoms with Crippen molar-refractivity contribution < 1.29 is 27.5 Å². The van der Waals surface area contributed by atoms with Gasteiger partial charge in [-0.05, 0) is 56.5 Å². The third kappa shape index (κ3) is 10.9. The van der Waals surface area contributed by atoms with Crippen molar-refractivity contribution in [2.24, 2.45) is 16.8 Å². The van der Waals surface area contributed by atoms with E-state index in [1.54, 1.807) is 19.1 Å². The molecule has 0 saturated heterocycles. The summed E-state index contributed by atoms with van der Waals surface area (Å²) in [4.78, 5) is 29.8. The maximum Gasteiger partial charge on any atom is 0.573 e. The van der Waals surface area contributed by atoms with Gasteiger partial charge in [0.05, 0.1) is 0 Å². The minimum atomic E-state index is -4.80. The lowest BCUT2D eigenvalue weighted by Crippen LogP contribution is -2.40. The molecule has 1 aromatic rings. The quantitative estimate of drug-likeness (QED) is 0.175. The number of amides is 3. The molecule has 2 atom stereocenters. The van der Waals surface area contributed by atoms with E-state index in [1.807, 2.05) is 13.8 Å². The number of hydrogen-bond donors (Lipinski definition) is 4. The SMILES string of the molecule is C=CC(C)NCCNC(=O)/C(=N/C(=C\C)NC(=O)Nc1ccc(OC(F)(F)F)cc1)[C@@H](C)CC1CC1. The highest BCUT2D eigenvalue weighted by molar-refractivity contribution is 6.39. The van der Waals surface area contributed by atoms with Gasteiger partial charge in [-0.2, -0.15) is 0 Å². The van der Waals surface area contributed by atoms with E-state index in [9.17, 15) is 22.8 Å². The number of rotatable bonds is 13. The van der Waals surface area contributed by atoms with Crippen LogP contribution in [0.25, 0.3) is 0 Å². The molecule has 3 amide bonds. The van der Waals surface area contributed by atoms with Crippen LogP contribution in [0.5, 0.6) is 5.75 Å². The summed E-state index contributed by atoms with van der Waals surface area (Å²) in [5.41, 5.74) is 0.573. The molecule has 0 radical (unpaired) electrons. The minimum absolute atomic E-state index is 0.112. The van der Waals surface area contributed by atoms with Gasteiger partial charge in [0.1, 0.15) is 17.3 Å². The number of allylic oxidation sites excluding steroid dienone is 1. The van der Waals surface area contributed by atoms with Crippen molar-refractivity contribution in [2.75, 3.05) is 18.4 Å². The average molecular weight is 510 g/mol. The molecule has 198 valence electrons. The molecule has 1 fully saturated rings. The Kier molecular flexibility index (Phi) is 11.0. The van der Waals surface area contributed by atoms with E-state index < -0.39 is 18.1 Å². The van der Waals surface area contributed by atoms with Gasteiger partial charge in [-0.15, -0.1) is 19.8 Å². The Morgan fingerprint density at radius 3 is 2.42 bits per heavy atom. The first-order valence-electron chi connectivity index (χ1n) is 11.8. The number of halogens is 3. The summed E-state index contributed by atoms with van der Waals surface area (Å²) in [7, 11) is 0. The number of alkyl halides is 3. The molecule has 1 aliphatic carbocycles. The van der Waals surface area contributed by atoms with Crippen LogP contribution in [0.15, 0.2) is 53.8 Å². The van der Waals surface area contributed by atoms with Gasteiger partial charge >= 0.3 is 12.4 Å². The third-order valence-electron chi connectivity index (χ3n) is 5.42. The summed E-state index contributed by atoms with van der Waals surface area (Å²) >= 11 is 0. The molecule has 0 bridgehead atoms. The van der Waals surface area contributed by atoms with Gasteiger partial charge in [-0.25, -0.2) is 9.79 Å². The zero-order chi connectivity index (χ0) is 26.7. The molecule has 8 nitrogen and oxygen atoms in total. The molecule has 1 aliphatic rings. The normalized spacial score (nSPS) is 16.1. The number of carbonyl (C=O) groups is 2. The first-order valence-corrected chi connectivity index (χ1v) is 11.8. The van der Waals surface area contributed by atoms with Gasteiger partial charge in [-0.1, -0.05) is 25.8 Å². The molecule has 2 rings (SSSR count). The first-order chi connectivity index (χ1) is 17.0. The van der Waals surface area contributed by atoms with Crippen molar-refractivity contribution in [3.8, 4) is 5.75 Å². The maximum absolute atomic E-state index is 12.9. The predicted octanol–water partition coefficient (Wildman–Crippen LogP) is 4.73. The molecule has 0 spiro atoms. The van der Waals surface area contributed by atoms with E-state index in [1.165, 1.54) is 12.1 Å². The summed E-state index contributed by atoms with van der Waals surface area (Å²) in [6.45, 7) is 10.2. The average Bonchev–Trinajstić information content (AvgIpc) is 3.63. The van der Waals surface area contributed by atoms with Gasteiger partial charge in [0.15, 0.2) is 0 Å². The number of nitrogens with zero attached hydrogens (tertiary/aromatic N) is 1. The van der Waals surface area contributed by atoms with Crippen LogP contribution in [-0.2, 0) is 4.79 Å². The number of anilines is 1. The van der Waals surface area contributed by atoms with Crippen molar-refractivity contribution in [3.05, 3.63) is 48.8 Å². The molecular formula is C25H34F3N5O3. The summed E-state index contributed by atoms with van der Waals surface area (Å²) in [6.07, 6.45) is 1.62. The summed E-state index contributed by atoms with van der Waals surface area (Å²) in [6, 6.07) is 4.19. The van der Waals surface area contributed by atoms with Gasteiger partial charge < -0.3 is 20.7 Å². The minimum Gasteiger partial charge on any atom is -0.406 e. The zero-order valence-corrected chi connectivity index (χ0v) is 20.7. The van der Waals surface area contributed by atoms with Crippen molar-refractivity contribution in [2.45, 2.75) is 52.4 Å².